The largest absolute Gasteiger partial charge is 0.462 e. The average Bonchev–Trinajstić information content (AvgIpc) is 3.51. The molecule has 1 fully saturated rings. The molecule has 0 aromatic heterocycles. The highest BCUT2D eigenvalue weighted by Crippen LogP contribution is 2.47. The molecule has 0 spiro atoms. The van der Waals surface area contributed by atoms with Crippen LogP contribution in [-0.4, -0.2) is 24.4 Å². The van der Waals surface area contributed by atoms with E-state index in [1.54, 1.807) is 55.5 Å². The van der Waals surface area contributed by atoms with Gasteiger partial charge in [-0.2, -0.15) is 5.26 Å². The normalized spacial score (nSPS) is 13.7. The molecule has 0 unspecified atom stereocenters. The van der Waals surface area contributed by atoms with Crippen molar-refractivity contribution in [3.63, 3.8) is 0 Å². The van der Waals surface area contributed by atoms with Gasteiger partial charge in [0.05, 0.1) is 23.4 Å². The molecular weight excluding hydrogens is 358 g/mol. The van der Waals surface area contributed by atoms with E-state index in [0.29, 0.717) is 35.3 Å². The zero-order chi connectivity index (χ0) is 20.1. The van der Waals surface area contributed by atoms with Crippen LogP contribution in [0.4, 0.5) is 11.4 Å². The number of hydrogen-bond acceptors (Lipinski definition) is 5. The molecule has 0 radical (unpaired) electrons. The number of benzene rings is 2. The fraction of sp³-hybridized carbons (Fsp3) is 0.238. The summed E-state index contributed by atoms with van der Waals surface area (Å²) in [7, 11) is 0. The molecule has 1 aliphatic rings. The van der Waals surface area contributed by atoms with Crippen LogP contribution < -0.4 is 10.6 Å². The predicted octanol–water partition coefficient (Wildman–Crippen LogP) is 3.09. The van der Waals surface area contributed by atoms with E-state index in [4.69, 9.17) is 10.00 Å². The molecule has 7 nitrogen and oxygen atoms in total. The fourth-order valence-corrected chi connectivity index (χ4v) is 2.77. The van der Waals surface area contributed by atoms with E-state index in [1.807, 2.05) is 6.07 Å². The molecule has 2 amide bonds. The van der Waals surface area contributed by atoms with Crippen molar-refractivity contribution in [2.45, 2.75) is 19.8 Å². The van der Waals surface area contributed by atoms with E-state index < -0.39 is 23.2 Å². The SMILES string of the molecule is CCOC(=O)c1ccc(NC(=O)C2(C(=O)Nc3ccccc3C#N)CC2)cc1. The van der Waals surface area contributed by atoms with Crippen LogP contribution in [0.2, 0.25) is 0 Å². The summed E-state index contributed by atoms with van der Waals surface area (Å²) >= 11 is 0. The quantitative estimate of drug-likeness (QED) is 0.594. The van der Waals surface area contributed by atoms with E-state index in [1.165, 1.54) is 0 Å². The summed E-state index contributed by atoms with van der Waals surface area (Å²) in [5.74, 6) is -1.28. The molecule has 28 heavy (non-hydrogen) atoms. The van der Waals surface area contributed by atoms with Gasteiger partial charge in [-0.15, -0.1) is 0 Å². The van der Waals surface area contributed by atoms with Crippen LogP contribution in [0.15, 0.2) is 48.5 Å². The number of carbonyl (C=O) groups excluding carboxylic acids is 3. The van der Waals surface area contributed by atoms with Gasteiger partial charge in [-0.3, -0.25) is 9.59 Å². The summed E-state index contributed by atoms with van der Waals surface area (Å²) in [6, 6.07) is 14.9. The predicted molar refractivity (Wildman–Crippen MR) is 102 cm³/mol. The zero-order valence-electron chi connectivity index (χ0n) is 15.3. The van der Waals surface area contributed by atoms with Gasteiger partial charge in [0, 0.05) is 5.69 Å². The molecule has 1 aliphatic carbocycles. The van der Waals surface area contributed by atoms with E-state index in [2.05, 4.69) is 10.6 Å². The lowest BCUT2D eigenvalue weighted by atomic mass is 10.0. The molecule has 0 bridgehead atoms. The van der Waals surface area contributed by atoms with Crippen LogP contribution in [0.3, 0.4) is 0 Å². The number of carbonyl (C=O) groups is 3. The average molecular weight is 377 g/mol. The maximum Gasteiger partial charge on any atom is 0.338 e. The number of hydrogen-bond donors (Lipinski definition) is 2. The molecule has 0 atom stereocenters. The first-order chi connectivity index (χ1) is 13.5. The number of nitrogens with zero attached hydrogens (tertiary/aromatic N) is 1. The minimum Gasteiger partial charge on any atom is -0.462 e. The first-order valence-electron chi connectivity index (χ1n) is 8.89. The third kappa shape index (κ3) is 3.86. The Morgan fingerprint density at radius 3 is 2.29 bits per heavy atom. The van der Waals surface area contributed by atoms with Gasteiger partial charge >= 0.3 is 5.97 Å². The van der Waals surface area contributed by atoms with Crippen LogP contribution in [-0.2, 0) is 14.3 Å². The Hall–Kier alpha value is -3.66. The topological polar surface area (TPSA) is 108 Å². The van der Waals surface area contributed by atoms with Gasteiger partial charge in [0.1, 0.15) is 11.5 Å². The van der Waals surface area contributed by atoms with Gasteiger partial charge in [-0.1, -0.05) is 12.1 Å². The fourth-order valence-electron chi connectivity index (χ4n) is 2.77. The third-order valence-electron chi connectivity index (χ3n) is 4.57. The number of nitrogens with one attached hydrogen (secondary N) is 2. The Morgan fingerprint density at radius 1 is 1.04 bits per heavy atom. The highest BCUT2D eigenvalue weighted by molar-refractivity contribution is 6.17. The molecule has 2 aromatic carbocycles. The van der Waals surface area contributed by atoms with E-state index in [0.717, 1.165) is 0 Å². The lowest BCUT2D eigenvalue weighted by Gasteiger charge is -2.16. The summed E-state index contributed by atoms with van der Waals surface area (Å²) in [6.45, 7) is 2.01. The van der Waals surface area contributed by atoms with Crippen LogP contribution in [0.5, 0.6) is 0 Å². The number of esters is 1. The number of para-hydroxylation sites is 1. The van der Waals surface area contributed by atoms with Crippen molar-refractivity contribution in [3.05, 3.63) is 59.7 Å². The van der Waals surface area contributed by atoms with Crippen molar-refractivity contribution < 1.29 is 19.1 Å². The molecule has 0 aliphatic heterocycles. The van der Waals surface area contributed by atoms with Crippen molar-refractivity contribution in [2.24, 2.45) is 5.41 Å². The molecule has 0 saturated heterocycles. The highest BCUT2D eigenvalue weighted by atomic mass is 16.5. The summed E-state index contributed by atoms with van der Waals surface area (Å²) < 4.78 is 4.92. The Balaban J connectivity index is 1.67. The smallest absolute Gasteiger partial charge is 0.338 e. The van der Waals surface area contributed by atoms with Crippen molar-refractivity contribution in [1.29, 1.82) is 5.26 Å². The summed E-state index contributed by atoms with van der Waals surface area (Å²) in [5.41, 5.74) is 0.429. The number of amides is 2. The van der Waals surface area contributed by atoms with Crippen molar-refractivity contribution in [3.8, 4) is 6.07 Å². The molecule has 2 N–H and O–H groups in total. The number of anilines is 2. The number of nitriles is 1. The van der Waals surface area contributed by atoms with E-state index in [9.17, 15) is 14.4 Å². The van der Waals surface area contributed by atoms with Crippen LogP contribution in [0, 0.1) is 16.7 Å². The molecule has 7 heteroatoms. The van der Waals surface area contributed by atoms with Crippen LogP contribution in [0.1, 0.15) is 35.7 Å². The molecule has 2 aromatic rings. The van der Waals surface area contributed by atoms with Gasteiger partial charge in [-0.25, -0.2) is 4.79 Å². The Morgan fingerprint density at radius 2 is 1.68 bits per heavy atom. The first-order valence-corrected chi connectivity index (χ1v) is 8.89. The van der Waals surface area contributed by atoms with E-state index in [-0.39, 0.29) is 6.61 Å². The maximum atomic E-state index is 12.7. The molecule has 1 saturated carbocycles. The molecule has 0 heterocycles. The van der Waals surface area contributed by atoms with Crippen molar-refractivity contribution in [1.82, 2.24) is 0 Å². The van der Waals surface area contributed by atoms with Crippen molar-refractivity contribution >= 4 is 29.2 Å². The minimum absolute atomic E-state index is 0.282. The lowest BCUT2D eigenvalue weighted by Crippen LogP contribution is -2.35. The van der Waals surface area contributed by atoms with E-state index >= 15 is 0 Å². The minimum atomic E-state index is -1.15. The Labute approximate surface area is 162 Å². The lowest BCUT2D eigenvalue weighted by molar-refractivity contribution is -0.131. The Bertz CT molecular complexity index is 956. The van der Waals surface area contributed by atoms with Crippen molar-refractivity contribution in [2.75, 3.05) is 17.2 Å². The van der Waals surface area contributed by atoms with Gasteiger partial charge in [-0.05, 0) is 56.2 Å². The first kappa shape index (κ1) is 19.1. The van der Waals surface area contributed by atoms with Gasteiger partial charge in [0.15, 0.2) is 0 Å². The standard InChI is InChI=1S/C21H19N3O4/c1-2-28-18(25)14-7-9-16(10-8-14)23-19(26)21(11-12-21)20(27)24-17-6-4-3-5-15(17)13-22/h3-10H,2,11-12H2,1H3,(H,23,26)(H,24,27). The monoisotopic (exact) mass is 377 g/mol. The Kier molecular flexibility index (Phi) is 5.41. The summed E-state index contributed by atoms with van der Waals surface area (Å²) in [4.78, 5) is 37.0. The van der Waals surface area contributed by atoms with Gasteiger partial charge in [0.25, 0.3) is 0 Å². The summed E-state index contributed by atoms with van der Waals surface area (Å²) in [6.07, 6.45) is 0.862. The van der Waals surface area contributed by atoms with Gasteiger partial charge in [0.2, 0.25) is 11.8 Å². The third-order valence-corrected chi connectivity index (χ3v) is 4.57. The number of ether oxygens (including phenoxy) is 1. The summed E-state index contributed by atoms with van der Waals surface area (Å²) in [5, 5.41) is 14.5. The second-order valence-electron chi connectivity index (χ2n) is 6.45. The second kappa shape index (κ2) is 7.92. The molecule has 142 valence electrons. The second-order valence-corrected chi connectivity index (χ2v) is 6.45. The maximum absolute atomic E-state index is 12.7. The highest BCUT2D eigenvalue weighted by Gasteiger charge is 2.56. The zero-order valence-corrected chi connectivity index (χ0v) is 15.3. The molecule has 3 rings (SSSR count). The van der Waals surface area contributed by atoms with Crippen LogP contribution in [0.25, 0.3) is 0 Å². The van der Waals surface area contributed by atoms with Gasteiger partial charge < -0.3 is 15.4 Å². The van der Waals surface area contributed by atoms with Crippen LogP contribution >= 0.6 is 0 Å². The number of rotatable bonds is 6. The molecular formula is C21H19N3O4.